The molecular formula is C10H16N3O8P. The van der Waals surface area contributed by atoms with E-state index in [0.29, 0.717) is 0 Å². The molecule has 1 fully saturated rings. The van der Waals surface area contributed by atoms with E-state index in [4.69, 9.17) is 20.3 Å². The molecule has 1 aliphatic rings. The maximum Gasteiger partial charge on any atom is 0.469 e. The molecule has 0 radical (unpaired) electrons. The summed E-state index contributed by atoms with van der Waals surface area (Å²) < 4.78 is 21.3. The fraction of sp³-hybridized carbons (Fsp3) is 0.600. The van der Waals surface area contributed by atoms with E-state index in [1.807, 2.05) is 0 Å². The van der Waals surface area contributed by atoms with Crippen LogP contribution in [0.25, 0.3) is 0 Å². The molecule has 2 rings (SSSR count). The Morgan fingerprint density at radius 3 is 2.73 bits per heavy atom. The molecule has 1 aliphatic heterocycles. The molecule has 22 heavy (non-hydrogen) atoms. The third kappa shape index (κ3) is 3.20. The van der Waals surface area contributed by atoms with Gasteiger partial charge in [-0.3, -0.25) is 9.09 Å². The maximum atomic E-state index is 11.9. The zero-order chi connectivity index (χ0) is 16.7. The molecule has 0 aliphatic carbocycles. The van der Waals surface area contributed by atoms with Crippen LogP contribution in [0.3, 0.4) is 0 Å². The number of aromatic nitrogens is 2. The number of ether oxygens (including phenoxy) is 1. The summed E-state index contributed by atoms with van der Waals surface area (Å²) in [4.78, 5) is 32.7. The van der Waals surface area contributed by atoms with Gasteiger partial charge in [0.15, 0.2) is 5.72 Å². The van der Waals surface area contributed by atoms with E-state index in [2.05, 4.69) is 9.51 Å². The molecule has 12 heteroatoms. The summed E-state index contributed by atoms with van der Waals surface area (Å²) in [5, 5.41) is 20.0. The highest BCUT2D eigenvalue weighted by atomic mass is 31.2. The Labute approximate surface area is 124 Å². The van der Waals surface area contributed by atoms with E-state index in [1.54, 1.807) is 0 Å². The number of nitrogens with two attached hydrogens (primary N) is 1. The summed E-state index contributed by atoms with van der Waals surface area (Å²) in [7, 11) is -4.76. The van der Waals surface area contributed by atoms with Gasteiger partial charge in [-0.1, -0.05) is 0 Å². The van der Waals surface area contributed by atoms with Gasteiger partial charge in [0.2, 0.25) is 0 Å². The number of hydrogen-bond donors (Lipinski definition) is 5. The number of phosphoric ester groups is 1. The first-order chi connectivity index (χ1) is 10.0. The van der Waals surface area contributed by atoms with E-state index in [1.165, 1.54) is 19.2 Å². The summed E-state index contributed by atoms with van der Waals surface area (Å²) in [6, 6.07) is 1.30. The Bertz CT molecular complexity index is 660. The van der Waals surface area contributed by atoms with E-state index in [-0.39, 0.29) is 5.82 Å². The van der Waals surface area contributed by atoms with Crippen LogP contribution in [-0.4, -0.2) is 54.5 Å². The number of phosphoric acid groups is 1. The number of anilines is 1. The molecule has 11 nitrogen and oxygen atoms in total. The molecule has 124 valence electrons. The summed E-state index contributed by atoms with van der Waals surface area (Å²) in [5.41, 5.74) is 2.86. The van der Waals surface area contributed by atoms with Crippen molar-refractivity contribution in [2.45, 2.75) is 31.0 Å². The van der Waals surface area contributed by atoms with Crippen molar-refractivity contribution in [3.05, 3.63) is 22.7 Å². The van der Waals surface area contributed by atoms with Gasteiger partial charge in [0.05, 0.1) is 6.61 Å². The van der Waals surface area contributed by atoms with Crippen LogP contribution >= 0.6 is 7.82 Å². The molecule has 0 bridgehead atoms. The molecule has 2 unspecified atom stereocenters. The third-order valence-electron chi connectivity index (χ3n) is 3.35. The molecular weight excluding hydrogens is 321 g/mol. The first-order valence-corrected chi connectivity index (χ1v) is 7.67. The summed E-state index contributed by atoms with van der Waals surface area (Å²) in [6.07, 6.45) is -3.11. The Kier molecular flexibility index (Phi) is 4.42. The normalized spacial score (nSPS) is 32.3. The second-order valence-electron chi connectivity index (χ2n) is 4.94. The smallest absolute Gasteiger partial charge is 0.387 e. The van der Waals surface area contributed by atoms with Gasteiger partial charge in [0.1, 0.15) is 24.1 Å². The lowest BCUT2D eigenvalue weighted by molar-refractivity contribution is -0.136. The monoisotopic (exact) mass is 337 g/mol. The Hall–Kier alpha value is -1.33. The van der Waals surface area contributed by atoms with Gasteiger partial charge in [-0.25, -0.2) is 9.36 Å². The minimum absolute atomic E-state index is 0.0285. The van der Waals surface area contributed by atoms with E-state index >= 15 is 0 Å². The van der Waals surface area contributed by atoms with E-state index < -0.39 is 44.2 Å². The van der Waals surface area contributed by atoms with Crippen molar-refractivity contribution in [1.82, 2.24) is 9.55 Å². The predicted molar refractivity (Wildman–Crippen MR) is 71.4 cm³/mol. The average Bonchev–Trinajstić information content (AvgIpc) is 2.61. The SMILES string of the molecule is C[C@@]1(n2ccc(N)nc2=O)O[C@H](COP(=O)(O)O)C(O)C1O. The summed E-state index contributed by atoms with van der Waals surface area (Å²) >= 11 is 0. The molecule has 0 aromatic carbocycles. The number of aliphatic hydroxyl groups excluding tert-OH is 2. The minimum atomic E-state index is -4.76. The minimum Gasteiger partial charge on any atom is -0.387 e. The number of nitrogen functional groups attached to an aromatic ring is 1. The zero-order valence-electron chi connectivity index (χ0n) is 11.4. The van der Waals surface area contributed by atoms with Crippen molar-refractivity contribution in [3.63, 3.8) is 0 Å². The highest BCUT2D eigenvalue weighted by molar-refractivity contribution is 7.46. The van der Waals surface area contributed by atoms with Gasteiger partial charge < -0.3 is 30.5 Å². The maximum absolute atomic E-state index is 11.9. The molecule has 4 atom stereocenters. The second kappa shape index (κ2) is 5.70. The van der Waals surface area contributed by atoms with Crippen LogP contribution in [-0.2, 0) is 19.6 Å². The predicted octanol–water partition coefficient (Wildman–Crippen LogP) is -2.27. The number of aliphatic hydroxyl groups is 2. The number of hydrogen-bond acceptors (Lipinski definition) is 8. The van der Waals surface area contributed by atoms with E-state index in [0.717, 1.165) is 4.57 Å². The molecule has 0 saturated carbocycles. The Balaban J connectivity index is 2.28. The Morgan fingerprint density at radius 1 is 1.55 bits per heavy atom. The van der Waals surface area contributed by atoms with Crippen LogP contribution in [0.5, 0.6) is 0 Å². The van der Waals surface area contributed by atoms with Crippen LogP contribution in [0.15, 0.2) is 17.1 Å². The lowest BCUT2D eigenvalue weighted by atomic mass is 10.0. The summed E-state index contributed by atoms with van der Waals surface area (Å²) in [5.74, 6) is -0.0285. The van der Waals surface area contributed by atoms with Crippen LogP contribution < -0.4 is 11.4 Å². The highest BCUT2D eigenvalue weighted by Crippen LogP contribution is 2.39. The van der Waals surface area contributed by atoms with Crippen molar-refractivity contribution in [3.8, 4) is 0 Å². The van der Waals surface area contributed by atoms with Gasteiger partial charge in [0.25, 0.3) is 0 Å². The molecule has 1 aromatic rings. The van der Waals surface area contributed by atoms with Crippen molar-refractivity contribution in [2.24, 2.45) is 0 Å². The molecule has 6 N–H and O–H groups in total. The van der Waals surface area contributed by atoms with Gasteiger partial charge >= 0.3 is 13.5 Å². The fourth-order valence-corrected chi connectivity index (χ4v) is 2.56. The van der Waals surface area contributed by atoms with Crippen LogP contribution in [0, 0.1) is 0 Å². The zero-order valence-corrected chi connectivity index (χ0v) is 12.3. The van der Waals surface area contributed by atoms with Crippen molar-refractivity contribution in [1.29, 1.82) is 0 Å². The van der Waals surface area contributed by atoms with Crippen molar-refractivity contribution in [2.75, 3.05) is 12.3 Å². The largest absolute Gasteiger partial charge is 0.469 e. The first-order valence-electron chi connectivity index (χ1n) is 6.14. The van der Waals surface area contributed by atoms with Gasteiger partial charge in [-0.05, 0) is 13.0 Å². The Morgan fingerprint density at radius 2 is 2.18 bits per heavy atom. The molecule has 2 heterocycles. The quantitative estimate of drug-likeness (QED) is 0.376. The standard InChI is InChI=1S/C10H16N3O8P/c1-10(13-3-2-6(11)12-9(13)16)8(15)7(14)5(21-10)4-20-22(17,18)19/h2-3,5,7-8,14-15H,4H2,1H3,(H2,11,12,16)(H2,17,18,19)/t5-,7?,8?,10-/m1/s1. The molecule has 1 saturated heterocycles. The molecule has 1 aromatic heterocycles. The van der Waals surface area contributed by atoms with Gasteiger partial charge in [0, 0.05) is 6.20 Å². The van der Waals surface area contributed by atoms with Crippen LogP contribution in [0.2, 0.25) is 0 Å². The van der Waals surface area contributed by atoms with Crippen molar-refractivity contribution >= 4 is 13.6 Å². The fourth-order valence-electron chi connectivity index (χ4n) is 2.22. The number of nitrogens with zero attached hydrogens (tertiary/aromatic N) is 2. The van der Waals surface area contributed by atoms with E-state index in [9.17, 15) is 19.6 Å². The van der Waals surface area contributed by atoms with Gasteiger partial charge in [-0.15, -0.1) is 0 Å². The third-order valence-corrected chi connectivity index (χ3v) is 3.84. The molecule has 0 spiro atoms. The van der Waals surface area contributed by atoms with Crippen molar-refractivity contribution < 1.29 is 33.8 Å². The van der Waals surface area contributed by atoms with Gasteiger partial charge in [-0.2, -0.15) is 4.98 Å². The highest BCUT2D eigenvalue weighted by Gasteiger charge is 2.53. The first kappa shape index (κ1) is 17.0. The molecule has 0 amide bonds. The lowest BCUT2D eigenvalue weighted by Gasteiger charge is -2.29. The number of rotatable bonds is 4. The van der Waals surface area contributed by atoms with Crippen LogP contribution in [0.1, 0.15) is 6.92 Å². The van der Waals surface area contributed by atoms with Crippen LogP contribution in [0.4, 0.5) is 5.82 Å². The average molecular weight is 337 g/mol. The topological polar surface area (TPSA) is 177 Å². The summed E-state index contributed by atoms with van der Waals surface area (Å²) in [6.45, 7) is 0.646. The lowest BCUT2D eigenvalue weighted by Crippen LogP contribution is -2.48. The second-order valence-corrected chi connectivity index (χ2v) is 6.18.